The van der Waals surface area contributed by atoms with Crippen LogP contribution in [0.1, 0.15) is 19.0 Å². The zero-order chi connectivity index (χ0) is 12.1. The van der Waals surface area contributed by atoms with Gasteiger partial charge in [0.1, 0.15) is 0 Å². The number of rotatable bonds is 3. The van der Waals surface area contributed by atoms with Gasteiger partial charge in [-0.15, -0.1) is 0 Å². The molecule has 0 fully saturated rings. The van der Waals surface area contributed by atoms with Crippen molar-refractivity contribution < 1.29 is 0 Å². The molecule has 1 rings (SSSR count). The Morgan fingerprint density at radius 1 is 1.44 bits per heavy atom. The summed E-state index contributed by atoms with van der Waals surface area (Å²) in [6.45, 7) is 4.69. The van der Waals surface area contributed by atoms with Crippen molar-refractivity contribution in [1.29, 1.82) is 0 Å². The zero-order valence-corrected chi connectivity index (χ0v) is 11.4. The first-order valence-electron chi connectivity index (χ1n) is 4.92. The van der Waals surface area contributed by atoms with E-state index in [0.29, 0.717) is 26.7 Å². The molecule has 1 aromatic heterocycles. The lowest BCUT2D eigenvalue weighted by Crippen LogP contribution is -2.29. The van der Waals surface area contributed by atoms with Crippen LogP contribution in [0.25, 0.3) is 0 Å². The predicted octanol–water partition coefficient (Wildman–Crippen LogP) is 3.39. The standard InChI is InChI=1S/C10H13Cl2N3S/c1-3-4-13-10(16)15-9-8(12)5-7(11)6(2)14-9/h5H,3-4H2,1-2H3,(H2,13,14,15,16). The highest BCUT2D eigenvalue weighted by Crippen LogP contribution is 2.25. The fourth-order valence-corrected chi connectivity index (χ4v) is 1.64. The third-order valence-electron chi connectivity index (χ3n) is 1.87. The number of hydrogen-bond acceptors (Lipinski definition) is 2. The Balaban J connectivity index is 2.73. The van der Waals surface area contributed by atoms with Gasteiger partial charge in [0.05, 0.1) is 15.7 Å². The molecule has 1 heterocycles. The number of pyridine rings is 1. The van der Waals surface area contributed by atoms with Crippen LogP contribution < -0.4 is 10.6 Å². The molecule has 0 amide bonds. The second-order valence-electron chi connectivity index (χ2n) is 3.27. The fourth-order valence-electron chi connectivity index (χ4n) is 1.04. The SMILES string of the molecule is CCCNC(=S)Nc1nc(C)c(Cl)cc1Cl. The maximum absolute atomic E-state index is 5.98. The van der Waals surface area contributed by atoms with Crippen molar-refractivity contribution in [3.63, 3.8) is 0 Å². The Morgan fingerprint density at radius 3 is 2.75 bits per heavy atom. The number of nitrogens with zero attached hydrogens (tertiary/aromatic N) is 1. The molecule has 0 atom stereocenters. The number of aryl methyl sites for hydroxylation is 1. The third kappa shape index (κ3) is 3.77. The van der Waals surface area contributed by atoms with Gasteiger partial charge in [0, 0.05) is 6.54 Å². The number of anilines is 1. The molecule has 0 saturated heterocycles. The molecule has 1 aromatic rings. The summed E-state index contributed by atoms with van der Waals surface area (Å²) in [5.74, 6) is 0.525. The summed E-state index contributed by atoms with van der Waals surface area (Å²) >= 11 is 16.9. The Kier molecular flexibility index (Phi) is 5.25. The molecule has 0 aromatic carbocycles. The fraction of sp³-hybridized carbons (Fsp3) is 0.400. The molecular formula is C10H13Cl2N3S. The highest BCUT2D eigenvalue weighted by atomic mass is 35.5. The van der Waals surface area contributed by atoms with Crippen molar-refractivity contribution in [2.24, 2.45) is 0 Å². The molecule has 88 valence electrons. The van der Waals surface area contributed by atoms with Gasteiger partial charge < -0.3 is 10.6 Å². The van der Waals surface area contributed by atoms with Crippen LogP contribution in [-0.2, 0) is 0 Å². The van der Waals surface area contributed by atoms with Crippen LogP contribution in [-0.4, -0.2) is 16.6 Å². The maximum atomic E-state index is 5.98. The van der Waals surface area contributed by atoms with Crippen molar-refractivity contribution in [1.82, 2.24) is 10.3 Å². The molecular weight excluding hydrogens is 265 g/mol. The van der Waals surface area contributed by atoms with E-state index in [9.17, 15) is 0 Å². The van der Waals surface area contributed by atoms with Crippen LogP contribution >= 0.6 is 35.4 Å². The molecule has 0 aliphatic heterocycles. The van der Waals surface area contributed by atoms with Crippen LogP contribution in [0.4, 0.5) is 5.82 Å². The Hall–Kier alpha value is -0.580. The van der Waals surface area contributed by atoms with Gasteiger partial charge in [0.15, 0.2) is 10.9 Å². The molecule has 0 aliphatic rings. The smallest absolute Gasteiger partial charge is 0.171 e. The highest BCUT2D eigenvalue weighted by Gasteiger charge is 2.07. The van der Waals surface area contributed by atoms with Crippen molar-refractivity contribution in [3.05, 3.63) is 21.8 Å². The van der Waals surface area contributed by atoms with Gasteiger partial charge in [0.2, 0.25) is 0 Å². The summed E-state index contributed by atoms with van der Waals surface area (Å²) < 4.78 is 0. The number of halogens is 2. The van der Waals surface area contributed by atoms with E-state index in [1.165, 1.54) is 0 Å². The summed E-state index contributed by atoms with van der Waals surface area (Å²) in [7, 11) is 0. The average Bonchev–Trinajstić information content (AvgIpc) is 2.23. The average molecular weight is 278 g/mol. The van der Waals surface area contributed by atoms with E-state index in [-0.39, 0.29) is 0 Å². The highest BCUT2D eigenvalue weighted by molar-refractivity contribution is 7.80. The third-order valence-corrected chi connectivity index (χ3v) is 2.79. The molecule has 2 N–H and O–H groups in total. The number of thiocarbonyl (C=S) groups is 1. The molecule has 0 radical (unpaired) electrons. The lowest BCUT2D eigenvalue weighted by molar-refractivity contribution is 0.846. The van der Waals surface area contributed by atoms with Gasteiger partial charge in [-0.3, -0.25) is 0 Å². The summed E-state index contributed by atoms with van der Waals surface area (Å²) in [4.78, 5) is 4.22. The number of hydrogen-bond donors (Lipinski definition) is 2. The van der Waals surface area contributed by atoms with Crippen LogP contribution in [0.5, 0.6) is 0 Å². The minimum atomic E-state index is 0.455. The number of aromatic nitrogens is 1. The molecule has 0 spiro atoms. The quantitative estimate of drug-likeness (QED) is 0.831. The monoisotopic (exact) mass is 277 g/mol. The Labute approximate surface area is 111 Å². The molecule has 0 saturated carbocycles. The second kappa shape index (κ2) is 6.23. The van der Waals surface area contributed by atoms with Crippen LogP contribution in [0.15, 0.2) is 6.07 Å². The van der Waals surface area contributed by atoms with Gasteiger partial charge in [0.25, 0.3) is 0 Å². The normalized spacial score (nSPS) is 10.0. The maximum Gasteiger partial charge on any atom is 0.171 e. The summed E-state index contributed by atoms with van der Waals surface area (Å²) in [6, 6.07) is 1.65. The zero-order valence-electron chi connectivity index (χ0n) is 9.10. The molecule has 3 nitrogen and oxygen atoms in total. The molecule has 0 bridgehead atoms. The molecule has 6 heteroatoms. The van der Waals surface area contributed by atoms with E-state index in [2.05, 4.69) is 22.5 Å². The minimum absolute atomic E-state index is 0.455. The minimum Gasteiger partial charge on any atom is -0.362 e. The largest absolute Gasteiger partial charge is 0.362 e. The topological polar surface area (TPSA) is 37.0 Å². The van der Waals surface area contributed by atoms with Gasteiger partial charge in [-0.2, -0.15) is 0 Å². The van der Waals surface area contributed by atoms with Gasteiger partial charge in [-0.05, 0) is 31.6 Å². The Morgan fingerprint density at radius 2 is 2.12 bits per heavy atom. The van der Waals surface area contributed by atoms with Crippen LogP contribution in [0.2, 0.25) is 10.0 Å². The van der Waals surface area contributed by atoms with E-state index >= 15 is 0 Å². The van der Waals surface area contributed by atoms with Gasteiger partial charge in [-0.1, -0.05) is 30.1 Å². The number of nitrogens with one attached hydrogen (secondary N) is 2. The first-order valence-corrected chi connectivity index (χ1v) is 6.08. The van der Waals surface area contributed by atoms with Crippen molar-refractivity contribution >= 4 is 46.4 Å². The second-order valence-corrected chi connectivity index (χ2v) is 4.49. The van der Waals surface area contributed by atoms with Crippen molar-refractivity contribution in [2.75, 3.05) is 11.9 Å². The van der Waals surface area contributed by atoms with Crippen LogP contribution in [0.3, 0.4) is 0 Å². The molecule has 0 unspecified atom stereocenters. The first kappa shape index (κ1) is 13.5. The van der Waals surface area contributed by atoms with Crippen molar-refractivity contribution in [3.8, 4) is 0 Å². The van der Waals surface area contributed by atoms with Gasteiger partial charge >= 0.3 is 0 Å². The van der Waals surface area contributed by atoms with E-state index in [1.54, 1.807) is 6.07 Å². The van der Waals surface area contributed by atoms with Gasteiger partial charge in [-0.25, -0.2) is 4.98 Å². The summed E-state index contributed by atoms with van der Waals surface area (Å²) in [6.07, 6.45) is 1.00. The van der Waals surface area contributed by atoms with Crippen LogP contribution in [0, 0.1) is 6.92 Å². The lowest BCUT2D eigenvalue weighted by Gasteiger charge is -2.11. The van der Waals surface area contributed by atoms with Crippen molar-refractivity contribution in [2.45, 2.75) is 20.3 Å². The van der Waals surface area contributed by atoms with E-state index < -0.39 is 0 Å². The summed E-state index contributed by atoms with van der Waals surface area (Å²) in [5.41, 5.74) is 0.715. The first-order chi connectivity index (χ1) is 7.54. The molecule has 16 heavy (non-hydrogen) atoms. The molecule has 0 aliphatic carbocycles. The van der Waals surface area contributed by atoms with E-state index in [4.69, 9.17) is 35.4 Å². The lowest BCUT2D eigenvalue weighted by atomic mass is 10.3. The summed E-state index contributed by atoms with van der Waals surface area (Å²) in [5, 5.41) is 7.47. The Bertz CT molecular complexity index is 396. The predicted molar refractivity (Wildman–Crippen MR) is 73.5 cm³/mol. The van der Waals surface area contributed by atoms with E-state index in [1.807, 2.05) is 6.92 Å². The van der Waals surface area contributed by atoms with E-state index in [0.717, 1.165) is 13.0 Å².